The predicted molar refractivity (Wildman–Crippen MR) is 99.3 cm³/mol. The van der Waals surface area contributed by atoms with Gasteiger partial charge < -0.3 is 10.5 Å². The fourth-order valence-electron chi connectivity index (χ4n) is 2.59. The molecule has 25 heavy (non-hydrogen) atoms. The fraction of sp³-hybridized carbons (Fsp3) is 0.278. The highest BCUT2D eigenvalue weighted by Gasteiger charge is 2.22. The third-order valence-corrected chi connectivity index (χ3v) is 3.74. The van der Waals surface area contributed by atoms with E-state index in [2.05, 4.69) is 15.1 Å². The summed E-state index contributed by atoms with van der Waals surface area (Å²) in [7, 11) is 0. The zero-order valence-corrected chi connectivity index (χ0v) is 15.4. The zero-order valence-electron chi connectivity index (χ0n) is 14.6. The molecule has 0 amide bonds. The molecule has 7 heteroatoms. The molecule has 3 rings (SSSR count). The van der Waals surface area contributed by atoms with Crippen LogP contribution in [0.15, 0.2) is 30.3 Å². The second-order valence-electron chi connectivity index (χ2n) is 6.10. The molecule has 130 valence electrons. The van der Waals surface area contributed by atoms with Crippen LogP contribution in [0.2, 0.25) is 5.02 Å². The maximum absolute atomic E-state index is 6.39. The zero-order chi connectivity index (χ0) is 18.1. The van der Waals surface area contributed by atoms with Crippen molar-refractivity contribution in [1.29, 1.82) is 0 Å². The van der Waals surface area contributed by atoms with E-state index in [-0.39, 0.29) is 6.10 Å². The number of ether oxygens (including phenoxy) is 1. The number of halogens is 1. The Morgan fingerprint density at radius 2 is 1.80 bits per heavy atom. The highest BCUT2D eigenvalue weighted by Crippen LogP contribution is 2.37. The van der Waals surface area contributed by atoms with E-state index in [1.807, 2.05) is 58.0 Å². The first kappa shape index (κ1) is 17.2. The van der Waals surface area contributed by atoms with Crippen LogP contribution in [-0.2, 0) is 0 Å². The van der Waals surface area contributed by atoms with E-state index in [9.17, 15) is 0 Å². The molecular weight excluding hydrogens is 338 g/mol. The number of hydrogen-bond acceptors (Lipinski definition) is 5. The molecule has 2 N–H and O–H groups in total. The number of nitrogens with zero attached hydrogens (tertiary/aromatic N) is 4. The molecule has 0 fully saturated rings. The largest absolute Gasteiger partial charge is 0.473 e. The van der Waals surface area contributed by atoms with Gasteiger partial charge in [0.15, 0.2) is 0 Å². The van der Waals surface area contributed by atoms with Crippen molar-refractivity contribution in [2.24, 2.45) is 0 Å². The van der Waals surface area contributed by atoms with Crippen LogP contribution in [0.3, 0.4) is 0 Å². The highest BCUT2D eigenvalue weighted by atomic mass is 35.5. The van der Waals surface area contributed by atoms with Gasteiger partial charge >= 0.3 is 0 Å². The summed E-state index contributed by atoms with van der Waals surface area (Å²) in [6.45, 7) is 7.68. The summed E-state index contributed by atoms with van der Waals surface area (Å²) in [6, 6.07) is 9.31. The van der Waals surface area contributed by atoms with Crippen LogP contribution in [0.1, 0.15) is 25.2 Å². The SMILES string of the molecule is Cc1cc(C)nc(-n2nc(OC(C)C)c(-c3cccc(Cl)c3)c2N)n1. The van der Waals surface area contributed by atoms with Gasteiger partial charge in [0.05, 0.1) is 11.7 Å². The van der Waals surface area contributed by atoms with Crippen molar-refractivity contribution in [2.75, 3.05) is 5.73 Å². The lowest BCUT2D eigenvalue weighted by atomic mass is 10.1. The summed E-state index contributed by atoms with van der Waals surface area (Å²) in [6.07, 6.45) is -0.0548. The number of nitrogens with two attached hydrogens (primary N) is 1. The van der Waals surface area contributed by atoms with E-state index >= 15 is 0 Å². The van der Waals surface area contributed by atoms with Gasteiger partial charge in [-0.05, 0) is 51.5 Å². The van der Waals surface area contributed by atoms with E-state index in [0.29, 0.717) is 28.2 Å². The van der Waals surface area contributed by atoms with Crippen LogP contribution in [0.4, 0.5) is 5.82 Å². The number of rotatable bonds is 4. The summed E-state index contributed by atoms with van der Waals surface area (Å²) in [5.41, 5.74) is 9.58. The number of aromatic nitrogens is 4. The van der Waals surface area contributed by atoms with Crippen molar-refractivity contribution < 1.29 is 4.74 Å². The van der Waals surface area contributed by atoms with E-state index in [4.69, 9.17) is 22.1 Å². The minimum atomic E-state index is -0.0548. The number of aryl methyl sites for hydroxylation is 2. The molecular formula is C18H20ClN5O. The number of hydrogen-bond donors (Lipinski definition) is 1. The van der Waals surface area contributed by atoms with Gasteiger partial charge in [-0.3, -0.25) is 0 Å². The highest BCUT2D eigenvalue weighted by molar-refractivity contribution is 6.30. The molecule has 0 saturated heterocycles. The molecule has 0 aliphatic heterocycles. The molecule has 0 radical (unpaired) electrons. The Labute approximate surface area is 151 Å². The van der Waals surface area contributed by atoms with E-state index in [1.165, 1.54) is 4.68 Å². The second-order valence-corrected chi connectivity index (χ2v) is 6.54. The number of benzene rings is 1. The smallest absolute Gasteiger partial charge is 0.253 e. The normalized spacial score (nSPS) is 11.1. The Morgan fingerprint density at radius 3 is 2.40 bits per heavy atom. The average molecular weight is 358 g/mol. The lowest BCUT2D eigenvalue weighted by Crippen LogP contribution is -2.09. The van der Waals surface area contributed by atoms with Crippen LogP contribution in [-0.4, -0.2) is 25.9 Å². The van der Waals surface area contributed by atoms with Crippen molar-refractivity contribution in [3.05, 3.63) is 46.7 Å². The minimum Gasteiger partial charge on any atom is -0.473 e. The fourth-order valence-corrected chi connectivity index (χ4v) is 2.78. The van der Waals surface area contributed by atoms with Crippen molar-refractivity contribution >= 4 is 17.4 Å². The minimum absolute atomic E-state index is 0.0548. The van der Waals surface area contributed by atoms with Crippen molar-refractivity contribution in [1.82, 2.24) is 19.7 Å². The van der Waals surface area contributed by atoms with Crippen molar-refractivity contribution in [2.45, 2.75) is 33.8 Å². The van der Waals surface area contributed by atoms with Gasteiger partial charge in [-0.15, -0.1) is 5.10 Å². The molecule has 0 spiro atoms. The summed E-state index contributed by atoms with van der Waals surface area (Å²) < 4.78 is 7.38. The third-order valence-electron chi connectivity index (χ3n) is 3.51. The Hall–Kier alpha value is -2.60. The van der Waals surface area contributed by atoms with Crippen molar-refractivity contribution in [3.8, 4) is 23.0 Å². The maximum atomic E-state index is 6.39. The van der Waals surface area contributed by atoms with Gasteiger partial charge in [0.1, 0.15) is 5.82 Å². The van der Waals surface area contributed by atoms with Gasteiger partial charge in [0, 0.05) is 16.4 Å². The van der Waals surface area contributed by atoms with Gasteiger partial charge in [-0.1, -0.05) is 23.7 Å². The van der Waals surface area contributed by atoms with Gasteiger partial charge in [-0.2, -0.15) is 4.68 Å². The number of anilines is 1. The molecule has 1 aromatic carbocycles. The van der Waals surface area contributed by atoms with Crippen LogP contribution < -0.4 is 10.5 Å². The Kier molecular flexibility index (Phi) is 4.63. The second kappa shape index (κ2) is 6.72. The van der Waals surface area contributed by atoms with Gasteiger partial charge in [0.2, 0.25) is 5.88 Å². The predicted octanol–water partition coefficient (Wildman–Crippen LogP) is 3.97. The molecule has 0 unspecified atom stereocenters. The van der Waals surface area contributed by atoms with Gasteiger partial charge in [-0.25, -0.2) is 9.97 Å². The monoisotopic (exact) mass is 357 g/mol. The summed E-state index contributed by atoms with van der Waals surface area (Å²) in [4.78, 5) is 8.88. The van der Waals surface area contributed by atoms with Crippen molar-refractivity contribution in [3.63, 3.8) is 0 Å². The van der Waals surface area contributed by atoms with Crippen LogP contribution in [0.25, 0.3) is 17.1 Å². The number of nitrogen functional groups attached to an aromatic ring is 1. The first-order valence-corrected chi connectivity index (χ1v) is 8.36. The Morgan fingerprint density at radius 1 is 1.12 bits per heavy atom. The van der Waals surface area contributed by atoms with E-state index in [0.717, 1.165) is 17.0 Å². The Bertz CT molecular complexity index is 900. The lowest BCUT2D eigenvalue weighted by Gasteiger charge is -2.09. The lowest BCUT2D eigenvalue weighted by molar-refractivity contribution is 0.232. The summed E-state index contributed by atoms with van der Waals surface area (Å²) in [5, 5.41) is 5.12. The van der Waals surface area contributed by atoms with Crippen LogP contribution in [0.5, 0.6) is 5.88 Å². The first-order chi connectivity index (χ1) is 11.8. The summed E-state index contributed by atoms with van der Waals surface area (Å²) in [5.74, 6) is 1.25. The van der Waals surface area contributed by atoms with Crippen LogP contribution in [0, 0.1) is 13.8 Å². The third kappa shape index (κ3) is 3.58. The van der Waals surface area contributed by atoms with E-state index < -0.39 is 0 Å². The molecule has 2 heterocycles. The molecule has 2 aromatic heterocycles. The van der Waals surface area contributed by atoms with E-state index in [1.54, 1.807) is 0 Å². The van der Waals surface area contributed by atoms with Crippen LogP contribution >= 0.6 is 11.6 Å². The summed E-state index contributed by atoms with van der Waals surface area (Å²) >= 11 is 6.14. The quantitative estimate of drug-likeness (QED) is 0.764. The van der Waals surface area contributed by atoms with Gasteiger partial charge in [0.25, 0.3) is 5.95 Å². The maximum Gasteiger partial charge on any atom is 0.253 e. The molecule has 0 bridgehead atoms. The molecule has 0 aliphatic rings. The molecule has 0 atom stereocenters. The molecule has 0 aliphatic carbocycles. The molecule has 0 saturated carbocycles. The Balaban J connectivity index is 2.21. The topological polar surface area (TPSA) is 78.8 Å². The average Bonchev–Trinajstić information content (AvgIpc) is 2.82. The first-order valence-electron chi connectivity index (χ1n) is 7.99. The molecule has 3 aromatic rings. The standard InChI is InChI=1S/C18H20ClN5O/c1-10(2)25-17-15(13-6-5-7-14(19)9-13)16(20)24(23-17)18-21-11(3)8-12(4)22-18/h5-10H,20H2,1-4H3. The molecule has 6 nitrogen and oxygen atoms in total.